The van der Waals surface area contributed by atoms with Crippen molar-refractivity contribution in [3.8, 4) is 11.3 Å². The molecule has 3 heterocycles. The van der Waals surface area contributed by atoms with Gasteiger partial charge in [-0.05, 0) is 37.0 Å². The molecule has 0 spiro atoms. The molecule has 1 N–H and O–H groups in total. The van der Waals surface area contributed by atoms with Crippen molar-refractivity contribution in [2.45, 2.75) is 31.3 Å². The van der Waals surface area contributed by atoms with E-state index in [1.54, 1.807) is 11.2 Å². The van der Waals surface area contributed by atoms with Gasteiger partial charge in [-0.1, -0.05) is 78.9 Å². The molecular formula is C33H33N5O4. The third-order valence-corrected chi connectivity index (χ3v) is 8.19. The summed E-state index contributed by atoms with van der Waals surface area (Å²) in [5.41, 5.74) is 3.55. The lowest BCUT2D eigenvalue weighted by Gasteiger charge is -2.40. The Morgan fingerprint density at radius 2 is 1.52 bits per heavy atom. The topological polar surface area (TPSA) is 99.0 Å². The number of nitrogens with zero attached hydrogens (tertiary/aromatic N) is 5. The summed E-state index contributed by atoms with van der Waals surface area (Å²) in [5, 5.41) is 9.70. The highest BCUT2D eigenvalue weighted by Crippen LogP contribution is 2.34. The molecule has 2 aliphatic rings. The van der Waals surface area contributed by atoms with E-state index in [1.807, 2.05) is 100 Å². The minimum Gasteiger partial charge on any atom is -0.465 e. The van der Waals surface area contributed by atoms with Gasteiger partial charge in [-0.3, -0.25) is 9.59 Å². The van der Waals surface area contributed by atoms with Crippen LogP contribution in [-0.2, 0) is 11.2 Å². The molecule has 0 aliphatic carbocycles. The number of hydrogen-bond donors (Lipinski definition) is 1. The minimum absolute atomic E-state index is 0.0296. The smallest absolute Gasteiger partial charge is 0.407 e. The maximum Gasteiger partial charge on any atom is 0.407 e. The van der Waals surface area contributed by atoms with Crippen LogP contribution in [0.1, 0.15) is 34.9 Å². The summed E-state index contributed by atoms with van der Waals surface area (Å²) >= 11 is 0. The van der Waals surface area contributed by atoms with E-state index in [-0.39, 0.29) is 43.2 Å². The fraction of sp³-hybridized carbons (Fsp3) is 0.273. The first-order chi connectivity index (χ1) is 20.5. The Balaban J connectivity index is 1.37. The first-order valence-corrected chi connectivity index (χ1v) is 14.3. The molecule has 1 aromatic heterocycles. The van der Waals surface area contributed by atoms with Gasteiger partial charge in [0, 0.05) is 37.4 Å². The molecule has 42 heavy (non-hydrogen) atoms. The summed E-state index contributed by atoms with van der Waals surface area (Å²) in [6.45, 7) is 1.33. The maximum atomic E-state index is 14.3. The Hall–Kier alpha value is -4.92. The molecule has 9 heteroatoms. The van der Waals surface area contributed by atoms with Crippen molar-refractivity contribution >= 4 is 23.6 Å². The molecule has 214 valence electrons. The van der Waals surface area contributed by atoms with Gasteiger partial charge in [-0.15, -0.1) is 0 Å². The molecule has 2 aliphatic heterocycles. The molecular weight excluding hydrogens is 530 g/mol. The number of rotatable bonds is 6. The highest BCUT2D eigenvalue weighted by atomic mass is 16.4. The summed E-state index contributed by atoms with van der Waals surface area (Å²) < 4.78 is 1.86. The van der Waals surface area contributed by atoms with Crippen LogP contribution in [0.4, 0.5) is 10.5 Å². The molecule has 0 bridgehead atoms. The van der Waals surface area contributed by atoms with E-state index >= 15 is 0 Å². The Kier molecular flexibility index (Phi) is 7.72. The number of carbonyl (C=O) groups excluding carboxylic acids is 2. The Labute approximate surface area is 244 Å². The molecule has 2 fully saturated rings. The van der Waals surface area contributed by atoms with Crippen molar-refractivity contribution in [2.24, 2.45) is 0 Å². The zero-order valence-electron chi connectivity index (χ0n) is 23.3. The second-order valence-corrected chi connectivity index (χ2v) is 10.8. The van der Waals surface area contributed by atoms with Crippen LogP contribution in [0, 0.1) is 0 Å². The lowest BCUT2D eigenvalue weighted by molar-refractivity contribution is -0.123. The standard InChI is InChI=1S/C33H33N5O4/c39-31-28(17-10-18-36(31)26-15-8-3-9-16-26)38-23-34-29(30(38)25-13-6-2-7-14-25)32(40)37-20-19-35(33(41)42)22-27(37)21-24-11-4-1-5-12-24/h1-9,11-16,23,27-28H,10,17-22H2,(H,41,42)/t27-,28?/m1/s1. The van der Waals surface area contributed by atoms with E-state index < -0.39 is 12.1 Å². The van der Waals surface area contributed by atoms with Gasteiger partial charge in [-0.2, -0.15) is 0 Å². The van der Waals surface area contributed by atoms with Crippen molar-refractivity contribution in [1.82, 2.24) is 19.4 Å². The fourth-order valence-electron chi connectivity index (χ4n) is 6.11. The van der Waals surface area contributed by atoms with Crippen LogP contribution in [0.3, 0.4) is 0 Å². The lowest BCUT2D eigenvalue weighted by Crippen LogP contribution is -2.57. The molecule has 3 amide bonds. The molecule has 6 rings (SSSR count). The monoisotopic (exact) mass is 563 g/mol. The predicted molar refractivity (Wildman–Crippen MR) is 159 cm³/mol. The van der Waals surface area contributed by atoms with Gasteiger partial charge in [0.25, 0.3) is 5.91 Å². The number of piperazine rings is 1. The zero-order chi connectivity index (χ0) is 29.1. The van der Waals surface area contributed by atoms with Crippen LogP contribution in [-0.4, -0.2) is 74.6 Å². The summed E-state index contributed by atoms with van der Waals surface area (Å²) in [7, 11) is 0. The number of anilines is 1. The number of imidazole rings is 1. The average Bonchev–Trinajstić information content (AvgIpc) is 3.47. The summed E-state index contributed by atoms with van der Waals surface area (Å²) in [5.74, 6) is -0.292. The normalized spacial score (nSPS) is 19.1. The number of hydrogen-bond acceptors (Lipinski definition) is 4. The predicted octanol–water partition coefficient (Wildman–Crippen LogP) is 4.97. The summed E-state index contributed by atoms with van der Waals surface area (Å²) in [4.78, 5) is 49.6. The number of piperidine rings is 1. The van der Waals surface area contributed by atoms with Gasteiger partial charge in [0.1, 0.15) is 6.04 Å². The first-order valence-electron chi connectivity index (χ1n) is 14.3. The Morgan fingerprint density at radius 3 is 2.21 bits per heavy atom. The van der Waals surface area contributed by atoms with Crippen LogP contribution >= 0.6 is 0 Å². The van der Waals surface area contributed by atoms with Gasteiger partial charge in [0.05, 0.1) is 18.1 Å². The van der Waals surface area contributed by atoms with Crippen LogP contribution in [0.2, 0.25) is 0 Å². The molecule has 4 aromatic rings. The third kappa shape index (κ3) is 5.37. The van der Waals surface area contributed by atoms with Crippen LogP contribution in [0.15, 0.2) is 97.3 Å². The van der Waals surface area contributed by atoms with Crippen molar-refractivity contribution in [1.29, 1.82) is 0 Å². The van der Waals surface area contributed by atoms with Gasteiger partial charge in [-0.25, -0.2) is 9.78 Å². The molecule has 0 radical (unpaired) electrons. The molecule has 2 saturated heterocycles. The largest absolute Gasteiger partial charge is 0.465 e. The van der Waals surface area contributed by atoms with E-state index in [2.05, 4.69) is 4.98 Å². The van der Waals surface area contributed by atoms with E-state index in [4.69, 9.17) is 0 Å². The van der Waals surface area contributed by atoms with E-state index in [1.165, 1.54) is 4.90 Å². The Bertz CT molecular complexity index is 1560. The van der Waals surface area contributed by atoms with E-state index in [0.29, 0.717) is 25.1 Å². The Morgan fingerprint density at radius 1 is 0.857 bits per heavy atom. The highest BCUT2D eigenvalue weighted by Gasteiger charge is 2.38. The fourth-order valence-corrected chi connectivity index (χ4v) is 6.11. The van der Waals surface area contributed by atoms with E-state index in [9.17, 15) is 19.5 Å². The number of amides is 3. The van der Waals surface area contributed by atoms with Gasteiger partial charge >= 0.3 is 6.09 Å². The second kappa shape index (κ2) is 11.9. The number of para-hydroxylation sites is 1. The summed E-state index contributed by atoms with van der Waals surface area (Å²) in [6, 6.07) is 28.1. The molecule has 3 aromatic carbocycles. The third-order valence-electron chi connectivity index (χ3n) is 8.19. The van der Waals surface area contributed by atoms with Gasteiger partial charge in [0.2, 0.25) is 5.91 Å². The molecule has 1 unspecified atom stereocenters. The number of carboxylic acid groups (broad SMARTS) is 1. The van der Waals surface area contributed by atoms with Crippen molar-refractivity contribution in [3.05, 3.63) is 109 Å². The summed E-state index contributed by atoms with van der Waals surface area (Å²) in [6.07, 6.45) is 2.60. The van der Waals surface area contributed by atoms with Crippen molar-refractivity contribution in [3.63, 3.8) is 0 Å². The molecule has 0 saturated carbocycles. The van der Waals surface area contributed by atoms with Crippen molar-refractivity contribution in [2.75, 3.05) is 31.1 Å². The zero-order valence-corrected chi connectivity index (χ0v) is 23.3. The number of carbonyl (C=O) groups is 3. The first kappa shape index (κ1) is 27.3. The van der Waals surface area contributed by atoms with Gasteiger partial charge in [0.15, 0.2) is 5.69 Å². The van der Waals surface area contributed by atoms with Crippen LogP contribution in [0.25, 0.3) is 11.3 Å². The minimum atomic E-state index is -0.992. The van der Waals surface area contributed by atoms with E-state index in [0.717, 1.165) is 23.2 Å². The van der Waals surface area contributed by atoms with Crippen molar-refractivity contribution < 1.29 is 19.5 Å². The second-order valence-electron chi connectivity index (χ2n) is 10.8. The molecule has 2 atom stereocenters. The quantitative estimate of drug-likeness (QED) is 0.357. The van der Waals surface area contributed by atoms with Gasteiger partial charge < -0.3 is 24.4 Å². The average molecular weight is 564 g/mol. The number of aromatic nitrogens is 2. The van der Waals surface area contributed by atoms with Crippen LogP contribution in [0.5, 0.6) is 0 Å². The lowest BCUT2D eigenvalue weighted by atomic mass is 10.00. The highest BCUT2D eigenvalue weighted by molar-refractivity contribution is 6.00. The SMILES string of the molecule is O=C(O)N1CCN(C(=O)c2ncn(C3CCCN(c4ccccc4)C3=O)c2-c2ccccc2)[C@H](Cc2ccccc2)C1. The maximum absolute atomic E-state index is 14.3. The number of benzene rings is 3. The molecule has 9 nitrogen and oxygen atoms in total. The van der Waals surface area contributed by atoms with Crippen LogP contribution < -0.4 is 4.90 Å².